The lowest BCUT2D eigenvalue weighted by atomic mass is 9.80. The van der Waals surface area contributed by atoms with Crippen molar-refractivity contribution < 1.29 is 0 Å². The van der Waals surface area contributed by atoms with Gasteiger partial charge in [0.25, 0.3) is 0 Å². The molecule has 9 rings (SSSR count). The van der Waals surface area contributed by atoms with E-state index in [0.717, 1.165) is 28.9 Å². The molecule has 0 amide bonds. The molecule has 45 heavy (non-hydrogen) atoms. The van der Waals surface area contributed by atoms with Crippen molar-refractivity contribution in [3.63, 3.8) is 0 Å². The van der Waals surface area contributed by atoms with E-state index in [1.165, 1.54) is 49.3 Å². The number of benzene rings is 5. The number of rotatable bonds is 3. The van der Waals surface area contributed by atoms with Gasteiger partial charge in [-0.2, -0.15) is 9.97 Å². The van der Waals surface area contributed by atoms with Crippen LogP contribution in [0.4, 0.5) is 0 Å². The van der Waals surface area contributed by atoms with Gasteiger partial charge in [-0.15, -0.1) is 0 Å². The summed E-state index contributed by atoms with van der Waals surface area (Å²) in [5, 5.41) is 4.99. The molecule has 2 aliphatic carbocycles. The Labute approximate surface area is 262 Å². The van der Waals surface area contributed by atoms with Crippen LogP contribution in [0.15, 0.2) is 121 Å². The fourth-order valence-electron chi connectivity index (χ4n) is 7.75. The SMILES string of the molecule is CC1CC=CC=C1c1nc(-c2ccccc2)nc(-n2c3ccccc3c3c4ccccc4c4c(c32)C(C)(C)c2ccccc2-4)n1. The Hall–Kier alpha value is -5.35. The smallest absolute Gasteiger partial charge is 0.238 e. The molecule has 2 aliphatic rings. The molecule has 7 aromatic rings. The third-order valence-corrected chi connectivity index (χ3v) is 9.87. The molecule has 0 saturated heterocycles. The predicted molar refractivity (Wildman–Crippen MR) is 186 cm³/mol. The third kappa shape index (κ3) is 3.69. The highest BCUT2D eigenvalue weighted by Gasteiger charge is 2.40. The Morgan fingerprint density at radius 1 is 0.711 bits per heavy atom. The van der Waals surface area contributed by atoms with Crippen molar-refractivity contribution in [2.24, 2.45) is 5.92 Å². The minimum Gasteiger partial charge on any atom is -0.277 e. The molecule has 0 spiro atoms. The van der Waals surface area contributed by atoms with Crippen LogP contribution in [0.25, 0.3) is 66.6 Å². The van der Waals surface area contributed by atoms with Gasteiger partial charge in [-0.25, -0.2) is 4.98 Å². The van der Waals surface area contributed by atoms with Crippen molar-refractivity contribution in [3.8, 4) is 28.5 Å². The van der Waals surface area contributed by atoms with E-state index in [4.69, 9.17) is 15.0 Å². The largest absolute Gasteiger partial charge is 0.277 e. The van der Waals surface area contributed by atoms with E-state index in [2.05, 4.69) is 128 Å². The summed E-state index contributed by atoms with van der Waals surface area (Å²) < 4.78 is 2.32. The van der Waals surface area contributed by atoms with E-state index in [0.29, 0.717) is 17.7 Å². The van der Waals surface area contributed by atoms with Crippen molar-refractivity contribution in [2.75, 3.05) is 0 Å². The Morgan fingerprint density at radius 2 is 1.40 bits per heavy atom. The van der Waals surface area contributed by atoms with E-state index < -0.39 is 0 Å². The topological polar surface area (TPSA) is 43.6 Å². The van der Waals surface area contributed by atoms with Crippen LogP contribution in [0, 0.1) is 5.92 Å². The molecule has 0 fully saturated rings. The first-order valence-electron chi connectivity index (χ1n) is 15.8. The number of aromatic nitrogens is 4. The lowest BCUT2D eigenvalue weighted by molar-refractivity contribution is 0.663. The molecular formula is C41H32N4. The first-order chi connectivity index (χ1) is 22.0. The molecule has 1 atom stereocenters. The number of fused-ring (bicyclic) bond motifs is 10. The molecule has 0 radical (unpaired) electrons. The highest BCUT2D eigenvalue weighted by Crippen LogP contribution is 2.56. The van der Waals surface area contributed by atoms with Gasteiger partial charge in [0.1, 0.15) is 0 Å². The van der Waals surface area contributed by atoms with Gasteiger partial charge in [0.2, 0.25) is 5.95 Å². The van der Waals surface area contributed by atoms with E-state index in [1.807, 2.05) is 18.2 Å². The molecule has 0 aliphatic heterocycles. The molecule has 2 aromatic heterocycles. The summed E-state index contributed by atoms with van der Waals surface area (Å²) >= 11 is 0. The maximum atomic E-state index is 5.32. The van der Waals surface area contributed by atoms with E-state index in [-0.39, 0.29) is 5.41 Å². The fourth-order valence-corrected chi connectivity index (χ4v) is 7.75. The second kappa shape index (κ2) is 9.57. The number of hydrogen-bond acceptors (Lipinski definition) is 3. The minimum absolute atomic E-state index is 0.232. The van der Waals surface area contributed by atoms with Gasteiger partial charge in [0.15, 0.2) is 11.6 Å². The van der Waals surface area contributed by atoms with Crippen molar-refractivity contribution in [1.82, 2.24) is 19.5 Å². The molecule has 4 heteroatoms. The number of nitrogens with zero attached hydrogens (tertiary/aromatic N) is 4. The molecule has 5 aromatic carbocycles. The molecule has 2 heterocycles. The zero-order valence-corrected chi connectivity index (χ0v) is 25.6. The monoisotopic (exact) mass is 580 g/mol. The third-order valence-electron chi connectivity index (χ3n) is 9.87. The lowest BCUT2D eigenvalue weighted by Gasteiger charge is -2.24. The summed E-state index contributed by atoms with van der Waals surface area (Å²) in [6.45, 7) is 6.98. The van der Waals surface area contributed by atoms with Crippen molar-refractivity contribution >= 4 is 38.2 Å². The maximum Gasteiger partial charge on any atom is 0.238 e. The van der Waals surface area contributed by atoms with Crippen LogP contribution < -0.4 is 0 Å². The van der Waals surface area contributed by atoms with Crippen molar-refractivity contribution in [2.45, 2.75) is 32.6 Å². The van der Waals surface area contributed by atoms with E-state index in [9.17, 15) is 0 Å². The zero-order chi connectivity index (χ0) is 30.3. The highest BCUT2D eigenvalue weighted by atomic mass is 15.2. The van der Waals surface area contributed by atoms with Gasteiger partial charge in [-0.3, -0.25) is 4.57 Å². The van der Waals surface area contributed by atoms with Crippen LogP contribution in [-0.2, 0) is 5.41 Å². The molecule has 0 bridgehead atoms. The Morgan fingerprint density at radius 3 is 2.22 bits per heavy atom. The Kier molecular flexibility index (Phi) is 5.55. The van der Waals surface area contributed by atoms with Gasteiger partial charge in [0.05, 0.1) is 11.0 Å². The first kappa shape index (κ1) is 26.1. The quantitative estimate of drug-likeness (QED) is 0.209. The van der Waals surface area contributed by atoms with Gasteiger partial charge in [-0.05, 0) is 51.4 Å². The molecule has 0 saturated carbocycles. The average molecular weight is 581 g/mol. The second-order valence-corrected chi connectivity index (χ2v) is 12.9. The summed E-state index contributed by atoms with van der Waals surface area (Å²) in [5.41, 5.74) is 9.45. The van der Waals surface area contributed by atoms with Gasteiger partial charge in [-0.1, -0.05) is 136 Å². The molecule has 1 unspecified atom stereocenters. The van der Waals surface area contributed by atoms with Gasteiger partial charge < -0.3 is 0 Å². The van der Waals surface area contributed by atoms with Crippen LogP contribution in [0.5, 0.6) is 0 Å². The number of allylic oxidation sites excluding steroid dienone is 4. The summed E-state index contributed by atoms with van der Waals surface area (Å²) in [6, 6.07) is 36.8. The van der Waals surface area contributed by atoms with Gasteiger partial charge in [0, 0.05) is 27.3 Å². The van der Waals surface area contributed by atoms with E-state index in [1.54, 1.807) is 0 Å². The minimum atomic E-state index is -0.232. The zero-order valence-electron chi connectivity index (χ0n) is 25.6. The normalized spacial score (nSPS) is 16.7. The number of para-hydroxylation sites is 1. The Balaban J connectivity index is 1.48. The van der Waals surface area contributed by atoms with Crippen LogP contribution >= 0.6 is 0 Å². The van der Waals surface area contributed by atoms with Crippen LogP contribution in [-0.4, -0.2) is 19.5 Å². The fraction of sp³-hybridized carbons (Fsp3) is 0.146. The van der Waals surface area contributed by atoms with Crippen molar-refractivity contribution in [1.29, 1.82) is 0 Å². The standard InChI is InChI=1S/C41H32N4/c1-25-15-7-8-18-27(25)39-42-38(26-16-5-4-6-17-26)43-40(44-39)45-33-24-14-12-22-31(33)35-29-20-10-9-19-28(29)34-30-21-11-13-23-32(30)41(2,3)36(34)37(35)45/h4-14,16-25H,15H2,1-3H3. The lowest BCUT2D eigenvalue weighted by Crippen LogP contribution is -2.17. The summed E-state index contributed by atoms with van der Waals surface area (Å²) in [4.78, 5) is 15.7. The molecule has 216 valence electrons. The van der Waals surface area contributed by atoms with Crippen LogP contribution in [0.2, 0.25) is 0 Å². The average Bonchev–Trinajstić information content (AvgIpc) is 3.55. The molecule has 0 N–H and O–H groups in total. The van der Waals surface area contributed by atoms with Crippen molar-refractivity contribution in [3.05, 3.63) is 138 Å². The summed E-state index contributed by atoms with van der Waals surface area (Å²) in [6.07, 6.45) is 7.48. The predicted octanol–water partition coefficient (Wildman–Crippen LogP) is 10.1. The number of hydrogen-bond donors (Lipinski definition) is 0. The maximum absolute atomic E-state index is 5.32. The van der Waals surface area contributed by atoms with Crippen LogP contribution in [0.3, 0.4) is 0 Å². The summed E-state index contributed by atoms with van der Waals surface area (Å²) in [5.74, 6) is 2.39. The second-order valence-electron chi connectivity index (χ2n) is 12.9. The van der Waals surface area contributed by atoms with Crippen LogP contribution in [0.1, 0.15) is 44.1 Å². The molecule has 4 nitrogen and oxygen atoms in total. The van der Waals surface area contributed by atoms with E-state index >= 15 is 0 Å². The molecular weight excluding hydrogens is 548 g/mol. The first-order valence-corrected chi connectivity index (χ1v) is 15.8. The van der Waals surface area contributed by atoms with Gasteiger partial charge >= 0.3 is 0 Å². The summed E-state index contributed by atoms with van der Waals surface area (Å²) in [7, 11) is 0. The highest BCUT2D eigenvalue weighted by molar-refractivity contribution is 6.26. The Bertz CT molecular complexity index is 2390.